The molecular weight excluding hydrogens is 326 g/mol. The van der Waals surface area contributed by atoms with Gasteiger partial charge in [0.25, 0.3) is 5.91 Å². The predicted octanol–water partition coefficient (Wildman–Crippen LogP) is 3.11. The topological polar surface area (TPSA) is 69.2 Å². The number of carbonyl (C=O) groups is 1. The molecule has 2 aromatic rings. The second-order valence-electron chi connectivity index (χ2n) is 6.86. The van der Waals surface area contributed by atoms with E-state index >= 15 is 0 Å². The minimum Gasteiger partial charge on any atom is -0.393 e. The van der Waals surface area contributed by atoms with Crippen molar-refractivity contribution in [2.45, 2.75) is 31.8 Å². The summed E-state index contributed by atoms with van der Waals surface area (Å²) in [4.78, 5) is 14.5. The van der Waals surface area contributed by atoms with Gasteiger partial charge < -0.3 is 10.0 Å². The molecule has 126 valence electrons. The summed E-state index contributed by atoms with van der Waals surface area (Å²) in [5, 5.41) is 17.7. The molecule has 6 heteroatoms. The standard InChI is InChI=1S/C18H20ClN3O2/c19-13-4-2-1-3-12(13)14-11-15(21-20-14)17(24)22-9-7-18(8-10-22)6-5-16(18)23/h1-4,11,16,23H,5-10H2,(H,20,21). The number of halogens is 1. The fraction of sp³-hybridized carbons (Fsp3) is 0.444. The van der Waals surface area contributed by atoms with Crippen LogP contribution >= 0.6 is 11.6 Å². The molecule has 2 N–H and O–H groups in total. The summed E-state index contributed by atoms with van der Waals surface area (Å²) in [6.45, 7) is 1.38. The number of carbonyl (C=O) groups excluding carboxylic acids is 1. The van der Waals surface area contributed by atoms with E-state index < -0.39 is 0 Å². The summed E-state index contributed by atoms with van der Waals surface area (Å²) in [6.07, 6.45) is 3.55. The lowest BCUT2D eigenvalue weighted by molar-refractivity contribution is -0.0952. The molecule has 1 spiro atoms. The van der Waals surface area contributed by atoms with Gasteiger partial charge >= 0.3 is 0 Å². The van der Waals surface area contributed by atoms with Crippen molar-refractivity contribution in [2.75, 3.05) is 13.1 Å². The fourth-order valence-corrected chi connectivity index (χ4v) is 4.06. The Labute approximate surface area is 145 Å². The van der Waals surface area contributed by atoms with Gasteiger partial charge in [-0.3, -0.25) is 9.89 Å². The van der Waals surface area contributed by atoms with Crippen LogP contribution < -0.4 is 0 Å². The van der Waals surface area contributed by atoms with Gasteiger partial charge in [-0.1, -0.05) is 29.8 Å². The Morgan fingerprint density at radius 3 is 2.67 bits per heavy atom. The number of hydrogen-bond donors (Lipinski definition) is 2. The molecular formula is C18H20ClN3O2. The van der Waals surface area contributed by atoms with Crippen molar-refractivity contribution in [1.82, 2.24) is 15.1 Å². The molecule has 1 saturated heterocycles. The predicted molar refractivity (Wildman–Crippen MR) is 91.8 cm³/mol. The molecule has 1 aliphatic heterocycles. The van der Waals surface area contributed by atoms with Crippen molar-refractivity contribution in [3.8, 4) is 11.3 Å². The molecule has 1 atom stereocenters. The Hall–Kier alpha value is -1.85. The molecule has 2 aliphatic rings. The first-order chi connectivity index (χ1) is 11.6. The van der Waals surface area contributed by atoms with Crippen LogP contribution in [-0.2, 0) is 0 Å². The van der Waals surface area contributed by atoms with E-state index in [0.717, 1.165) is 31.2 Å². The first-order valence-corrected chi connectivity index (χ1v) is 8.74. The largest absolute Gasteiger partial charge is 0.393 e. The van der Waals surface area contributed by atoms with Crippen LogP contribution in [0.5, 0.6) is 0 Å². The molecule has 2 heterocycles. The van der Waals surface area contributed by atoms with E-state index in [9.17, 15) is 9.90 Å². The van der Waals surface area contributed by atoms with Crippen molar-refractivity contribution in [1.29, 1.82) is 0 Å². The molecule has 1 aromatic carbocycles. The lowest BCUT2D eigenvalue weighted by atomic mass is 9.61. The number of aromatic amines is 1. The molecule has 0 bridgehead atoms. The Morgan fingerprint density at radius 2 is 2.04 bits per heavy atom. The number of aliphatic hydroxyl groups is 1. The molecule has 24 heavy (non-hydrogen) atoms. The van der Waals surface area contributed by atoms with E-state index in [1.165, 1.54) is 0 Å². The number of benzene rings is 1. The first kappa shape index (κ1) is 15.7. The summed E-state index contributed by atoms with van der Waals surface area (Å²) in [5.41, 5.74) is 2.03. The monoisotopic (exact) mass is 345 g/mol. The maximum atomic E-state index is 12.7. The van der Waals surface area contributed by atoms with Crippen molar-refractivity contribution >= 4 is 17.5 Å². The Balaban J connectivity index is 1.47. The van der Waals surface area contributed by atoms with Gasteiger partial charge in [0, 0.05) is 18.7 Å². The molecule has 1 unspecified atom stereocenters. The fourth-order valence-electron chi connectivity index (χ4n) is 3.83. The van der Waals surface area contributed by atoms with Crippen molar-refractivity contribution in [2.24, 2.45) is 5.41 Å². The molecule has 1 aromatic heterocycles. The van der Waals surface area contributed by atoms with Gasteiger partial charge in [0.2, 0.25) is 0 Å². The van der Waals surface area contributed by atoms with Crippen LogP contribution in [0.1, 0.15) is 36.2 Å². The van der Waals surface area contributed by atoms with Gasteiger partial charge in [0.05, 0.1) is 16.8 Å². The molecule has 1 saturated carbocycles. The third-order valence-electron chi connectivity index (χ3n) is 5.63. The SMILES string of the molecule is O=C(c1cc(-c2ccccc2Cl)n[nH]1)N1CCC2(CCC2O)CC1. The smallest absolute Gasteiger partial charge is 0.271 e. The number of aliphatic hydroxyl groups excluding tert-OH is 1. The van der Waals surface area contributed by atoms with E-state index in [1.807, 2.05) is 23.1 Å². The number of nitrogens with one attached hydrogen (secondary N) is 1. The second-order valence-corrected chi connectivity index (χ2v) is 7.26. The van der Waals surface area contributed by atoms with Crippen LogP contribution in [0.25, 0.3) is 11.3 Å². The highest BCUT2D eigenvalue weighted by Gasteiger charge is 2.47. The summed E-state index contributed by atoms with van der Waals surface area (Å²) in [5.74, 6) is -0.0375. The highest BCUT2D eigenvalue weighted by atomic mass is 35.5. The lowest BCUT2D eigenvalue weighted by Crippen LogP contribution is -2.53. The molecule has 4 rings (SSSR count). The van der Waals surface area contributed by atoms with Crippen LogP contribution in [0.2, 0.25) is 5.02 Å². The number of nitrogens with zero attached hydrogens (tertiary/aromatic N) is 2. The molecule has 5 nitrogen and oxygen atoms in total. The number of likely N-dealkylation sites (tertiary alicyclic amines) is 1. The summed E-state index contributed by atoms with van der Waals surface area (Å²) in [6, 6.07) is 9.21. The van der Waals surface area contributed by atoms with Gasteiger partial charge in [0.15, 0.2) is 0 Å². The Morgan fingerprint density at radius 1 is 1.29 bits per heavy atom. The number of aromatic nitrogens is 2. The normalized spacial score (nSPS) is 22.4. The summed E-state index contributed by atoms with van der Waals surface area (Å²) < 4.78 is 0. The zero-order valence-corrected chi connectivity index (χ0v) is 14.1. The van der Waals surface area contributed by atoms with Gasteiger partial charge in [-0.2, -0.15) is 5.10 Å². The summed E-state index contributed by atoms with van der Waals surface area (Å²) in [7, 11) is 0. The van der Waals surface area contributed by atoms with Gasteiger partial charge in [-0.05, 0) is 43.2 Å². The lowest BCUT2D eigenvalue weighted by Gasteiger charge is -2.51. The zero-order chi connectivity index (χ0) is 16.7. The molecule has 1 aliphatic carbocycles. The van der Waals surface area contributed by atoms with E-state index in [0.29, 0.717) is 29.5 Å². The van der Waals surface area contributed by atoms with Crippen molar-refractivity contribution in [3.63, 3.8) is 0 Å². The number of rotatable bonds is 2. The third-order valence-corrected chi connectivity index (χ3v) is 5.96. The van der Waals surface area contributed by atoms with E-state index in [1.54, 1.807) is 12.1 Å². The van der Waals surface area contributed by atoms with Crippen LogP contribution in [-0.4, -0.2) is 45.3 Å². The number of piperidine rings is 1. The highest BCUT2D eigenvalue weighted by molar-refractivity contribution is 6.33. The van der Waals surface area contributed by atoms with Gasteiger partial charge in [-0.25, -0.2) is 0 Å². The van der Waals surface area contributed by atoms with Crippen LogP contribution in [0.15, 0.2) is 30.3 Å². The Kier molecular flexibility index (Phi) is 3.85. The minimum absolute atomic E-state index is 0.0375. The molecule has 0 radical (unpaired) electrons. The Bertz CT molecular complexity index is 765. The van der Waals surface area contributed by atoms with Crippen LogP contribution in [0.3, 0.4) is 0 Å². The molecule has 2 fully saturated rings. The second kappa shape index (κ2) is 5.90. The highest BCUT2D eigenvalue weighted by Crippen LogP contribution is 2.49. The minimum atomic E-state index is -0.186. The number of amides is 1. The number of hydrogen-bond acceptors (Lipinski definition) is 3. The average molecular weight is 346 g/mol. The quantitative estimate of drug-likeness (QED) is 0.878. The van der Waals surface area contributed by atoms with E-state index in [4.69, 9.17) is 11.6 Å². The number of H-pyrrole nitrogens is 1. The van der Waals surface area contributed by atoms with Crippen molar-refractivity contribution < 1.29 is 9.90 Å². The zero-order valence-electron chi connectivity index (χ0n) is 13.3. The van der Waals surface area contributed by atoms with Crippen molar-refractivity contribution in [3.05, 3.63) is 41.0 Å². The van der Waals surface area contributed by atoms with E-state index in [-0.39, 0.29) is 17.4 Å². The molecule has 1 amide bonds. The van der Waals surface area contributed by atoms with Gasteiger partial charge in [0.1, 0.15) is 5.69 Å². The van der Waals surface area contributed by atoms with Crippen LogP contribution in [0, 0.1) is 5.41 Å². The van der Waals surface area contributed by atoms with Crippen LogP contribution in [0.4, 0.5) is 0 Å². The van der Waals surface area contributed by atoms with Gasteiger partial charge in [-0.15, -0.1) is 0 Å². The summed E-state index contributed by atoms with van der Waals surface area (Å²) >= 11 is 6.19. The maximum absolute atomic E-state index is 12.7. The van der Waals surface area contributed by atoms with E-state index in [2.05, 4.69) is 10.2 Å². The third kappa shape index (κ3) is 2.52. The average Bonchev–Trinajstić information content (AvgIpc) is 3.10. The maximum Gasteiger partial charge on any atom is 0.271 e. The first-order valence-electron chi connectivity index (χ1n) is 8.37.